The fourth-order valence-corrected chi connectivity index (χ4v) is 2.33. The van der Waals surface area contributed by atoms with Crippen LogP contribution in [0.2, 0.25) is 0 Å². The van der Waals surface area contributed by atoms with Crippen LogP contribution >= 0.6 is 0 Å². The van der Waals surface area contributed by atoms with Gasteiger partial charge in [0.1, 0.15) is 5.41 Å². The van der Waals surface area contributed by atoms with Crippen molar-refractivity contribution in [3.63, 3.8) is 0 Å². The van der Waals surface area contributed by atoms with Crippen molar-refractivity contribution in [2.75, 3.05) is 6.61 Å². The molecule has 0 saturated heterocycles. The van der Waals surface area contributed by atoms with E-state index in [0.29, 0.717) is 0 Å². The van der Waals surface area contributed by atoms with E-state index >= 15 is 0 Å². The predicted octanol–water partition coefficient (Wildman–Crippen LogP) is 3.00. The van der Waals surface area contributed by atoms with Gasteiger partial charge in [0.2, 0.25) is 0 Å². The maximum absolute atomic E-state index is 12.9. The van der Waals surface area contributed by atoms with Gasteiger partial charge in [-0.25, -0.2) is 0 Å². The monoisotopic (exact) mass is 286 g/mol. The summed E-state index contributed by atoms with van der Waals surface area (Å²) in [4.78, 5) is 24.2. The number of benzene rings is 1. The van der Waals surface area contributed by atoms with Crippen LogP contribution in [-0.2, 0) is 9.53 Å². The zero-order valence-corrected chi connectivity index (χ0v) is 10.7. The molecule has 108 valence electrons. The zero-order valence-electron chi connectivity index (χ0n) is 10.7. The normalized spacial score (nSPS) is 25.1. The summed E-state index contributed by atoms with van der Waals surface area (Å²) in [6, 6.07) is 7.51. The molecule has 6 heteroatoms. The van der Waals surface area contributed by atoms with Gasteiger partial charge in [-0.1, -0.05) is 30.3 Å². The summed E-state index contributed by atoms with van der Waals surface area (Å²) in [7, 11) is 0. The molecule has 0 N–H and O–H groups in total. The number of halogens is 3. The number of rotatable bonds is 4. The third kappa shape index (κ3) is 2.30. The first-order valence-corrected chi connectivity index (χ1v) is 6.17. The van der Waals surface area contributed by atoms with Crippen LogP contribution < -0.4 is 0 Å². The van der Waals surface area contributed by atoms with Crippen LogP contribution in [0.25, 0.3) is 0 Å². The summed E-state index contributed by atoms with van der Waals surface area (Å²) in [5.41, 5.74) is -2.01. The highest BCUT2D eigenvalue weighted by Gasteiger charge is 2.75. The third-order valence-electron chi connectivity index (χ3n) is 3.44. The predicted molar refractivity (Wildman–Crippen MR) is 64.0 cm³/mol. The van der Waals surface area contributed by atoms with E-state index in [2.05, 4.69) is 4.74 Å². The fourth-order valence-electron chi connectivity index (χ4n) is 2.33. The Morgan fingerprint density at radius 2 is 1.90 bits per heavy atom. The van der Waals surface area contributed by atoms with Crippen LogP contribution in [-0.4, -0.2) is 24.5 Å². The Labute approximate surface area is 113 Å². The van der Waals surface area contributed by atoms with Gasteiger partial charge in [-0.2, -0.15) is 13.2 Å². The van der Waals surface area contributed by atoms with Gasteiger partial charge >= 0.3 is 12.1 Å². The Morgan fingerprint density at radius 1 is 1.30 bits per heavy atom. The van der Waals surface area contributed by atoms with Crippen LogP contribution in [0.5, 0.6) is 0 Å². The van der Waals surface area contributed by atoms with Crippen LogP contribution in [0.3, 0.4) is 0 Å². The molecular formula is C14H13F3O3. The van der Waals surface area contributed by atoms with Gasteiger partial charge in [0.25, 0.3) is 0 Å². The van der Waals surface area contributed by atoms with Crippen LogP contribution in [0.15, 0.2) is 30.3 Å². The Kier molecular flexibility index (Phi) is 3.58. The Morgan fingerprint density at radius 3 is 2.35 bits per heavy atom. The zero-order chi connectivity index (χ0) is 15.0. The molecule has 2 unspecified atom stereocenters. The molecule has 1 saturated carbocycles. The van der Waals surface area contributed by atoms with Crippen molar-refractivity contribution in [3.8, 4) is 0 Å². The largest absolute Gasteiger partial charge is 0.465 e. The van der Waals surface area contributed by atoms with Crippen molar-refractivity contribution >= 4 is 11.8 Å². The molecule has 0 aliphatic heterocycles. The van der Waals surface area contributed by atoms with Gasteiger partial charge in [-0.15, -0.1) is 0 Å². The number of alkyl halides is 3. The van der Waals surface area contributed by atoms with Gasteiger partial charge in [-0.05, 0) is 13.3 Å². The molecule has 0 amide bonds. The number of carbonyl (C=O) groups is 2. The Hall–Kier alpha value is -1.85. The summed E-state index contributed by atoms with van der Waals surface area (Å²) in [6.07, 6.45) is -5.12. The molecule has 20 heavy (non-hydrogen) atoms. The summed E-state index contributed by atoms with van der Waals surface area (Å²) in [6.45, 7) is 1.43. The van der Waals surface area contributed by atoms with Gasteiger partial charge in [0.05, 0.1) is 12.5 Å². The van der Waals surface area contributed by atoms with Crippen molar-refractivity contribution in [1.82, 2.24) is 0 Å². The summed E-state index contributed by atoms with van der Waals surface area (Å²) in [5, 5.41) is 0. The number of Topliss-reactive ketones (excluding diaryl/α,β-unsaturated/α-hetero) is 1. The van der Waals surface area contributed by atoms with Crippen LogP contribution in [0.4, 0.5) is 13.2 Å². The van der Waals surface area contributed by atoms with Crippen molar-refractivity contribution in [1.29, 1.82) is 0 Å². The van der Waals surface area contributed by atoms with Crippen molar-refractivity contribution in [2.45, 2.75) is 19.5 Å². The van der Waals surface area contributed by atoms with E-state index in [-0.39, 0.29) is 12.2 Å². The lowest BCUT2D eigenvalue weighted by Gasteiger charge is -2.16. The molecule has 0 radical (unpaired) electrons. The lowest BCUT2D eigenvalue weighted by Crippen LogP contribution is -2.34. The second kappa shape index (κ2) is 4.92. The standard InChI is InChI=1S/C14H13F3O3/c1-2-20-12(19)13(8-10(13)14(15,16)17)11(18)9-6-4-3-5-7-9/h3-7,10H,2,8H2,1H3. The summed E-state index contributed by atoms with van der Waals surface area (Å²) in [5.74, 6) is -3.86. The summed E-state index contributed by atoms with van der Waals surface area (Å²) < 4.78 is 43.2. The minimum Gasteiger partial charge on any atom is -0.465 e. The first-order chi connectivity index (χ1) is 9.34. The third-order valence-corrected chi connectivity index (χ3v) is 3.44. The van der Waals surface area contributed by atoms with Gasteiger partial charge in [0.15, 0.2) is 5.78 Å². The van der Waals surface area contributed by atoms with E-state index in [1.807, 2.05) is 0 Å². The molecule has 1 aromatic rings. The number of ether oxygens (including phenoxy) is 1. The quantitative estimate of drug-likeness (QED) is 0.485. The smallest absolute Gasteiger partial charge is 0.393 e. The molecule has 2 atom stereocenters. The number of esters is 1. The fraction of sp³-hybridized carbons (Fsp3) is 0.429. The van der Waals surface area contributed by atoms with E-state index in [9.17, 15) is 22.8 Å². The van der Waals surface area contributed by atoms with Crippen molar-refractivity contribution in [3.05, 3.63) is 35.9 Å². The van der Waals surface area contributed by atoms with Gasteiger partial charge < -0.3 is 4.74 Å². The minimum absolute atomic E-state index is 0.0623. The average molecular weight is 286 g/mol. The molecule has 2 rings (SSSR count). The first-order valence-electron chi connectivity index (χ1n) is 6.17. The molecule has 1 fully saturated rings. The first kappa shape index (κ1) is 14.6. The SMILES string of the molecule is CCOC(=O)C1(C(=O)c2ccccc2)CC1C(F)(F)F. The maximum Gasteiger partial charge on any atom is 0.393 e. The lowest BCUT2D eigenvalue weighted by molar-refractivity contribution is -0.167. The van der Waals surface area contributed by atoms with Crippen molar-refractivity contribution < 1.29 is 27.5 Å². The van der Waals surface area contributed by atoms with Crippen LogP contribution in [0.1, 0.15) is 23.7 Å². The van der Waals surface area contributed by atoms with E-state index in [1.54, 1.807) is 6.07 Å². The highest BCUT2D eigenvalue weighted by atomic mass is 19.4. The maximum atomic E-state index is 12.9. The van der Waals surface area contributed by atoms with Crippen LogP contribution in [0, 0.1) is 11.3 Å². The van der Waals surface area contributed by atoms with Gasteiger partial charge in [0, 0.05) is 5.56 Å². The topological polar surface area (TPSA) is 43.4 Å². The molecule has 1 aromatic carbocycles. The molecule has 0 bridgehead atoms. The number of hydrogen-bond acceptors (Lipinski definition) is 3. The van der Waals surface area contributed by atoms with Gasteiger partial charge in [-0.3, -0.25) is 9.59 Å². The molecular weight excluding hydrogens is 273 g/mol. The molecule has 0 heterocycles. The van der Waals surface area contributed by atoms with E-state index < -0.39 is 35.7 Å². The highest BCUT2D eigenvalue weighted by Crippen LogP contribution is 2.62. The molecule has 0 spiro atoms. The Bertz CT molecular complexity index is 524. The summed E-state index contributed by atoms with van der Waals surface area (Å²) >= 11 is 0. The van der Waals surface area contributed by atoms with Crippen molar-refractivity contribution in [2.24, 2.45) is 11.3 Å². The highest BCUT2D eigenvalue weighted by molar-refractivity contribution is 6.15. The van der Waals surface area contributed by atoms with E-state index in [4.69, 9.17) is 0 Å². The van der Waals surface area contributed by atoms with E-state index in [1.165, 1.54) is 31.2 Å². The number of hydrogen-bond donors (Lipinski definition) is 0. The molecule has 3 nitrogen and oxygen atoms in total. The molecule has 1 aliphatic carbocycles. The second-order valence-electron chi connectivity index (χ2n) is 4.69. The minimum atomic E-state index is -4.59. The molecule has 1 aliphatic rings. The number of ketones is 1. The second-order valence-corrected chi connectivity index (χ2v) is 4.69. The number of carbonyl (C=O) groups excluding carboxylic acids is 2. The molecule has 0 aromatic heterocycles. The lowest BCUT2D eigenvalue weighted by atomic mass is 9.92. The average Bonchev–Trinajstić information content (AvgIpc) is 3.16. The Balaban J connectivity index is 2.35. The van der Waals surface area contributed by atoms with E-state index in [0.717, 1.165) is 0 Å².